The molecule has 1 unspecified atom stereocenters. The molecule has 1 aromatic heterocycles. The minimum Gasteiger partial charge on any atom is -0.390 e. The fourth-order valence-corrected chi connectivity index (χ4v) is 2.48. The van der Waals surface area contributed by atoms with Crippen LogP contribution in [0.3, 0.4) is 0 Å². The first-order valence-electron chi connectivity index (χ1n) is 3.80. The number of hydrogen-bond acceptors (Lipinski definition) is 5. The average molecular weight is 237 g/mol. The zero-order valence-electron chi connectivity index (χ0n) is 7.72. The Morgan fingerprint density at radius 3 is 2.43 bits per heavy atom. The van der Waals surface area contributed by atoms with Gasteiger partial charge in [-0.25, -0.2) is 9.19 Å². The second kappa shape index (κ2) is 4.03. The number of thiazole rings is 1. The van der Waals surface area contributed by atoms with Crippen LogP contribution >= 0.6 is 11.3 Å². The highest BCUT2D eigenvalue weighted by Crippen LogP contribution is 2.29. The second-order valence-corrected chi connectivity index (χ2v) is 5.38. The number of aromatic nitrogens is 1. The first kappa shape index (κ1) is 11.7. The van der Waals surface area contributed by atoms with Crippen molar-refractivity contribution in [2.24, 2.45) is 0 Å². The van der Waals surface area contributed by atoms with E-state index < -0.39 is 23.3 Å². The number of rotatable bonds is 3. The van der Waals surface area contributed by atoms with Crippen molar-refractivity contribution >= 4 is 22.4 Å². The molecule has 0 aliphatic rings. The lowest BCUT2D eigenvalue weighted by Gasteiger charge is -2.12. The Morgan fingerprint density at radius 2 is 2.14 bits per heavy atom. The summed E-state index contributed by atoms with van der Waals surface area (Å²) in [5, 5.41) is 18.8. The molecule has 0 bridgehead atoms. The topological polar surface area (TPSA) is 90.7 Å². The molecular weight excluding hydrogens is 226 g/mol. The van der Waals surface area contributed by atoms with Crippen LogP contribution in [0, 0.1) is 0 Å². The van der Waals surface area contributed by atoms with Crippen LogP contribution in [-0.2, 0) is 23.3 Å². The largest absolute Gasteiger partial charge is 0.390 e. The normalized spacial score (nSPS) is 14.4. The summed E-state index contributed by atoms with van der Waals surface area (Å²) < 4.78 is 19.8. The lowest BCUT2D eigenvalue weighted by molar-refractivity contribution is 0.0779. The van der Waals surface area contributed by atoms with Gasteiger partial charge in [-0.3, -0.25) is 0 Å². The van der Waals surface area contributed by atoms with E-state index in [-0.39, 0.29) is 9.90 Å². The first-order valence-corrected chi connectivity index (χ1v) is 5.73. The van der Waals surface area contributed by atoms with E-state index in [9.17, 15) is 9.32 Å². The standard InChI is InChI=1S/C7H11NO4S2/c1-7(2,10)6-8-4(3-9)5(13-6)14(11)12/h9-10H,3H2,1-2H3,(H,11,12). The Labute approximate surface area is 87.7 Å². The maximum Gasteiger partial charge on any atom is 0.198 e. The van der Waals surface area contributed by atoms with E-state index in [1.54, 1.807) is 0 Å². The van der Waals surface area contributed by atoms with Gasteiger partial charge in [0, 0.05) is 0 Å². The number of nitrogens with zero attached hydrogens (tertiary/aromatic N) is 1. The van der Waals surface area contributed by atoms with Crippen LogP contribution < -0.4 is 0 Å². The van der Waals surface area contributed by atoms with Crippen molar-refractivity contribution in [3.63, 3.8) is 0 Å². The molecule has 0 saturated heterocycles. The third-order valence-electron chi connectivity index (χ3n) is 1.49. The molecule has 0 fully saturated rings. The van der Waals surface area contributed by atoms with Crippen LogP contribution in [-0.4, -0.2) is 24.0 Å². The van der Waals surface area contributed by atoms with E-state index in [1.165, 1.54) is 13.8 Å². The van der Waals surface area contributed by atoms with Crippen LogP contribution in [0.4, 0.5) is 0 Å². The molecule has 0 aromatic carbocycles. The Morgan fingerprint density at radius 1 is 1.57 bits per heavy atom. The van der Waals surface area contributed by atoms with Crippen molar-refractivity contribution in [2.45, 2.75) is 30.3 Å². The van der Waals surface area contributed by atoms with Crippen molar-refractivity contribution in [1.29, 1.82) is 0 Å². The van der Waals surface area contributed by atoms with Gasteiger partial charge >= 0.3 is 0 Å². The Balaban J connectivity index is 3.20. The molecule has 0 saturated carbocycles. The zero-order chi connectivity index (χ0) is 10.9. The van der Waals surface area contributed by atoms with Gasteiger partial charge in [-0.05, 0) is 13.8 Å². The van der Waals surface area contributed by atoms with Crippen LogP contribution in [0.2, 0.25) is 0 Å². The quantitative estimate of drug-likeness (QED) is 0.664. The third kappa shape index (κ3) is 2.37. The summed E-state index contributed by atoms with van der Waals surface area (Å²) in [6.07, 6.45) is 0. The molecular formula is C7H11NO4S2. The molecule has 1 rings (SSSR count). The fourth-order valence-electron chi connectivity index (χ4n) is 0.836. The van der Waals surface area contributed by atoms with Crippen molar-refractivity contribution in [2.75, 3.05) is 0 Å². The van der Waals surface area contributed by atoms with Crippen LogP contribution in [0.15, 0.2) is 4.21 Å². The lowest BCUT2D eigenvalue weighted by atomic mass is 10.2. The second-order valence-electron chi connectivity index (χ2n) is 3.22. The maximum atomic E-state index is 10.8. The molecule has 1 aromatic rings. The molecule has 0 amide bonds. The molecule has 0 radical (unpaired) electrons. The highest BCUT2D eigenvalue weighted by Gasteiger charge is 2.24. The van der Waals surface area contributed by atoms with Crippen LogP contribution in [0.1, 0.15) is 24.5 Å². The minimum absolute atomic E-state index is 0.0876. The highest BCUT2D eigenvalue weighted by atomic mass is 32.2. The van der Waals surface area contributed by atoms with Crippen molar-refractivity contribution in [3.8, 4) is 0 Å². The number of aliphatic hydroxyl groups excluding tert-OH is 1. The van der Waals surface area contributed by atoms with E-state index in [2.05, 4.69) is 4.98 Å². The van der Waals surface area contributed by atoms with Gasteiger partial charge in [0.15, 0.2) is 11.1 Å². The zero-order valence-corrected chi connectivity index (χ0v) is 9.35. The monoisotopic (exact) mass is 237 g/mol. The van der Waals surface area contributed by atoms with E-state index in [0.717, 1.165) is 11.3 Å². The Hall–Kier alpha value is -0.340. The van der Waals surface area contributed by atoms with Crippen molar-refractivity contribution in [1.82, 2.24) is 4.98 Å². The molecule has 1 heterocycles. The van der Waals surface area contributed by atoms with Gasteiger partial charge in [0.25, 0.3) is 0 Å². The van der Waals surface area contributed by atoms with Gasteiger partial charge < -0.3 is 14.8 Å². The Kier molecular flexibility index (Phi) is 3.38. The molecule has 0 aliphatic carbocycles. The summed E-state index contributed by atoms with van der Waals surface area (Å²) in [5.41, 5.74) is -1.01. The van der Waals surface area contributed by atoms with Crippen molar-refractivity contribution in [3.05, 3.63) is 10.7 Å². The average Bonchev–Trinajstić information content (AvgIpc) is 2.45. The molecule has 5 nitrogen and oxygen atoms in total. The minimum atomic E-state index is -2.17. The molecule has 80 valence electrons. The predicted molar refractivity (Wildman–Crippen MR) is 52.3 cm³/mol. The number of hydrogen-bond donors (Lipinski definition) is 3. The first-order chi connectivity index (χ1) is 6.36. The predicted octanol–water partition coefficient (Wildman–Crippen LogP) is 0.443. The SMILES string of the molecule is CC(C)(O)c1nc(CO)c(S(=O)O)s1. The maximum absolute atomic E-state index is 10.8. The summed E-state index contributed by atoms with van der Waals surface area (Å²) >= 11 is -1.24. The van der Waals surface area contributed by atoms with Gasteiger partial charge in [0.05, 0.1) is 12.3 Å². The van der Waals surface area contributed by atoms with Crippen LogP contribution in [0.5, 0.6) is 0 Å². The van der Waals surface area contributed by atoms with E-state index in [0.29, 0.717) is 5.01 Å². The van der Waals surface area contributed by atoms with Gasteiger partial charge in [0.2, 0.25) is 0 Å². The summed E-state index contributed by atoms with van der Waals surface area (Å²) in [5.74, 6) is 0. The number of aliphatic hydroxyl groups is 2. The van der Waals surface area contributed by atoms with Gasteiger partial charge in [0.1, 0.15) is 14.8 Å². The summed E-state index contributed by atoms with van der Waals surface area (Å²) in [6, 6.07) is 0. The smallest absolute Gasteiger partial charge is 0.198 e. The Bertz CT molecular complexity index is 355. The molecule has 0 spiro atoms. The van der Waals surface area contributed by atoms with E-state index in [1.807, 2.05) is 0 Å². The van der Waals surface area contributed by atoms with Gasteiger partial charge in [-0.2, -0.15) is 0 Å². The molecule has 0 aliphatic heterocycles. The van der Waals surface area contributed by atoms with Gasteiger partial charge in [-0.1, -0.05) is 0 Å². The lowest BCUT2D eigenvalue weighted by Crippen LogP contribution is -2.14. The molecule has 14 heavy (non-hydrogen) atoms. The highest BCUT2D eigenvalue weighted by molar-refractivity contribution is 7.81. The van der Waals surface area contributed by atoms with Crippen molar-refractivity contribution < 1.29 is 19.0 Å². The fraction of sp³-hybridized carbons (Fsp3) is 0.571. The summed E-state index contributed by atoms with van der Waals surface area (Å²) in [6.45, 7) is 2.64. The summed E-state index contributed by atoms with van der Waals surface area (Å²) in [7, 11) is 0. The summed E-state index contributed by atoms with van der Waals surface area (Å²) in [4.78, 5) is 3.89. The molecule has 3 N–H and O–H groups in total. The van der Waals surface area contributed by atoms with E-state index >= 15 is 0 Å². The molecule has 7 heteroatoms. The van der Waals surface area contributed by atoms with Gasteiger partial charge in [-0.15, -0.1) is 11.3 Å². The van der Waals surface area contributed by atoms with E-state index in [4.69, 9.17) is 9.66 Å². The van der Waals surface area contributed by atoms with Crippen LogP contribution in [0.25, 0.3) is 0 Å². The molecule has 1 atom stereocenters. The third-order valence-corrected chi connectivity index (χ3v) is 3.93.